The van der Waals surface area contributed by atoms with Crippen molar-refractivity contribution in [3.63, 3.8) is 0 Å². The van der Waals surface area contributed by atoms with Gasteiger partial charge in [0.25, 0.3) is 0 Å². The number of anilines is 4. The van der Waals surface area contributed by atoms with Gasteiger partial charge in [-0.2, -0.15) is 0 Å². The molecule has 0 radical (unpaired) electrons. The molecule has 6 aromatic rings. The molecule has 0 spiro atoms. The molecular formula is C49H52Cl6N4O4S2. The summed E-state index contributed by atoms with van der Waals surface area (Å²) in [5, 5.41) is 42.4. The zero-order chi connectivity index (χ0) is 47.2. The number of hydrogen-bond donors (Lipinski definition) is 6. The standard InChI is InChI=1S/C18H20Cl2N2O2.C16H17Cl2NOS.C15H15Cl2NOS/c1-12-14(19)10-15(18(23)17(12)20)21-11-13-4-2-3-5-16(13)22-6-8-24-9-7-22;1-3-21-14-7-5-4-6-11(14)9-19-13-8-12(17)10(2)15(18)16(13)20;1-9-12(16)7-13(15(19)14(9)17)18-8-10-3-5-11(20-2)6-4-10/h2-5,10,21,23H,6-9,11H2,1H3;4-8,19-20H,3,9H2,1-2H3;3-7,18-19H,8H2,1-2H3. The Bertz CT molecular complexity index is 2550. The molecule has 1 fully saturated rings. The summed E-state index contributed by atoms with van der Waals surface area (Å²) in [6.07, 6.45) is 2.04. The van der Waals surface area contributed by atoms with E-state index in [1.54, 1.807) is 62.5 Å². The number of rotatable bonds is 13. The van der Waals surface area contributed by atoms with Crippen LogP contribution in [0.3, 0.4) is 0 Å². The SMILES string of the molecule is CCSc1ccccc1CNc1cc(Cl)c(C)c(Cl)c1O.CSc1ccc(CNc2cc(Cl)c(C)c(Cl)c2O)cc1.Cc1c(Cl)cc(NCc2ccccc2N2CCOCC2)c(O)c1Cl. The van der Waals surface area contributed by atoms with Crippen LogP contribution in [0, 0.1) is 20.8 Å². The molecule has 6 aromatic carbocycles. The zero-order valence-electron chi connectivity index (χ0n) is 36.6. The highest BCUT2D eigenvalue weighted by atomic mass is 35.5. The molecular weight excluding hydrogens is 985 g/mol. The van der Waals surface area contributed by atoms with Gasteiger partial charge in [0.05, 0.1) is 45.3 Å². The predicted octanol–water partition coefficient (Wildman–Crippen LogP) is 15.5. The lowest BCUT2D eigenvalue weighted by atomic mass is 10.1. The average molecular weight is 1040 g/mol. The molecule has 6 N–H and O–H groups in total. The van der Waals surface area contributed by atoms with Crippen LogP contribution in [0.1, 0.15) is 40.3 Å². The van der Waals surface area contributed by atoms with Gasteiger partial charge in [-0.05, 0) is 109 Å². The first kappa shape index (κ1) is 52.3. The maximum atomic E-state index is 10.2. The molecule has 0 aliphatic carbocycles. The Hall–Kier alpha value is -3.68. The highest BCUT2D eigenvalue weighted by Gasteiger charge is 2.17. The van der Waals surface area contributed by atoms with Crippen molar-refractivity contribution in [2.24, 2.45) is 0 Å². The number of ether oxygens (including phenoxy) is 1. The summed E-state index contributed by atoms with van der Waals surface area (Å²) >= 11 is 40.1. The minimum Gasteiger partial charge on any atom is -0.504 e. The largest absolute Gasteiger partial charge is 0.504 e. The van der Waals surface area contributed by atoms with Crippen LogP contribution >= 0.6 is 93.1 Å². The molecule has 1 aliphatic rings. The number of phenols is 3. The number of para-hydroxylation sites is 1. The third-order valence-electron chi connectivity index (χ3n) is 10.5. The van der Waals surface area contributed by atoms with E-state index in [9.17, 15) is 15.3 Å². The number of morpholine rings is 1. The number of aromatic hydroxyl groups is 3. The number of halogens is 6. The van der Waals surface area contributed by atoms with Crippen LogP contribution in [0.4, 0.5) is 22.7 Å². The monoisotopic (exact) mass is 1030 g/mol. The van der Waals surface area contributed by atoms with E-state index in [1.165, 1.54) is 21.0 Å². The lowest BCUT2D eigenvalue weighted by Gasteiger charge is -2.30. The summed E-state index contributed by atoms with van der Waals surface area (Å²) in [5.41, 5.74) is 8.29. The summed E-state index contributed by atoms with van der Waals surface area (Å²) in [4.78, 5) is 4.77. The lowest BCUT2D eigenvalue weighted by Crippen LogP contribution is -2.36. The van der Waals surface area contributed by atoms with Gasteiger partial charge in [0.1, 0.15) is 0 Å². The van der Waals surface area contributed by atoms with Crippen LogP contribution < -0.4 is 20.9 Å². The second-order valence-corrected chi connectivity index (χ2v) is 19.3. The molecule has 0 amide bonds. The molecule has 0 aromatic heterocycles. The zero-order valence-corrected chi connectivity index (χ0v) is 42.8. The fraction of sp³-hybridized carbons (Fsp3) is 0.265. The fourth-order valence-electron chi connectivity index (χ4n) is 6.56. The maximum absolute atomic E-state index is 10.2. The lowest BCUT2D eigenvalue weighted by molar-refractivity contribution is 0.122. The number of thioether (sulfide) groups is 2. The van der Waals surface area contributed by atoms with Gasteiger partial charge in [-0.1, -0.05) is 125 Å². The number of hydrogen-bond acceptors (Lipinski definition) is 10. The Morgan fingerprint density at radius 1 is 0.585 bits per heavy atom. The van der Waals surface area contributed by atoms with E-state index in [2.05, 4.69) is 64.2 Å². The minimum atomic E-state index is 0.0300. The molecule has 0 unspecified atom stereocenters. The smallest absolute Gasteiger partial charge is 0.157 e. The fourth-order valence-corrected chi connectivity index (χ4v) is 9.14. The van der Waals surface area contributed by atoms with Gasteiger partial charge in [-0.3, -0.25) is 0 Å². The van der Waals surface area contributed by atoms with Crippen LogP contribution in [0.25, 0.3) is 0 Å². The van der Waals surface area contributed by atoms with Gasteiger partial charge in [-0.15, -0.1) is 23.5 Å². The van der Waals surface area contributed by atoms with Gasteiger partial charge in [-0.25, -0.2) is 0 Å². The van der Waals surface area contributed by atoms with E-state index in [0.717, 1.165) is 43.2 Å². The molecule has 0 saturated carbocycles. The molecule has 7 rings (SSSR count). The molecule has 1 aliphatic heterocycles. The van der Waals surface area contributed by atoms with Gasteiger partial charge >= 0.3 is 0 Å². The molecule has 0 bridgehead atoms. The normalized spacial score (nSPS) is 12.1. The second-order valence-electron chi connectivity index (χ2n) is 14.8. The quantitative estimate of drug-likeness (QED) is 0.0494. The van der Waals surface area contributed by atoms with Crippen LogP contribution in [-0.2, 0) is 24.4 Å². The van der Waals surface area contributed by atoms with Gasteiger partial charge < -0.3 is 40.9 Å². The van der Waals surface area contributed by atoms with Crippen molar-refractivity contribution < 1.29 is 20.1 Å². The topological polar surface area (TPSA) is 109 Å². The Kier molecular flexibility index (Phi) is 20.5. The van der Waals surface area contributed by atoms with Crippen LogP contribution in [-0.4, -0.2) is 53.6 Å². The van der Waals surface area contributed by atoms with Crippen molar-refractivity contribution in [1.29, 1.82) is 0 Å². The summed E-state index contributed by atoms with van der Waals surface area (Å²) < 4.78 is 5.42. The number of benzene rings is 6. The Balaban J connectivity index is 0.000000184. The van der Waals surface area contributed by atoms with Crippen molar-refractivity contribution in [1.82, 2.24) is 0 Å². The van der Waals surface area contributed by atoms with Crippen molar-refractivity contribution in [2.75, 3.05) is 59.2 Å². The number of phenolic OH excluding ortho intramolecular Hbond substituents is 3. The predicted molar refractivity (Wildman–Crippen MR) is 281 cm³/mol. The van der Waals surface area contributed by atoms with Crippen molar-refractivity contribution in [2.45, 2.75) is 57.1 Å². The van der Waals surface area contributed by atoms with E-state index in [-0.39, 0.29) is 27.3 Å². The van der Waals surface area contributed by atoms with E-state index < -0.39 is 0 Å². The van der Waals surface area contributed by atoms with Crippen molar-refractivity contribution in [3.05, 3.63) is 155 Å². The average Bonchev–Trinajstić information content (AvgIpc) is 3.33. The Labute approximate surface area is 420 Å². The van der Waals surface area contributed by atoms with E-state index >= 15 is 0 Å². The van der Waals surface area contributed by atoms with E-state index in [0.29, 0.717) is 73.5 Å². The Morgan fingerprint density at radius 3 is 1.49 bits per heavy atom. The third-order valence-corrected chi connectivity index (χ3v) is 14.8. The molecule has 346 valence electrons. The van der Waals surface area contributed by atoms with Gasteiger partial charge in [0, 0.05) is 63.3 Å². The molecule has 65 heavy (non-hydrogen) atoms. The van der Waals surface area contributed by atoms with Crippen LogP contribution in [0.15, 0.2) is 101 Å². The first-order chi connectivity index (χ1) is 31.1. The summed E-state index contributed by atoms with van der Waals surface area (Å²) in [7, 11) is 0. The second kappa shape index (κ2) is 25.5. The molecule has 16 heteroatoms. The number of nitrogens with one attached hydrogen (secondary N) is 3. The number of nitrogens with zero attached hydrogens (tertiary/aromatic N) is 1. The summed E-state index contributed by atoms with van der Waals surface area (Å²) in [5.74, 6) is 1.13. The first-order valence-electron chi connectivity index (χ1n) is 20.6. The molecule has 1 heterocycles. The third kappa shape index (κ3) is 14.2. The van der Waals surface area contributed by atoms with Crippen molar-refractivity contribution >= 4 is 116 Å². The van der Waals surface area contributed by atoms with Crippen LogP contribution in [0.2, 0.25) is 30.1 Å². The summed E-state index contributed by atoms with van der Waals surface area (Å²) in [6, 6.07) is 29.8. The molecule has 1 saturated heterocycles. The summed E-state index contributed by atoms with van der Waals surface area (Å²) in [6.45, 7) is 12.5. The minimum absolute atomic E-state index is 0.0300. The van der Waals surface area contributed by atoms with Crippen molar-refractivity contribution in [3.8, 4) is 17.2 Å². The molecule has 0 atom stereocenters. The highest BCUT2D eigenvalue weighted by molar-refractivity contribution is 7.99. The van der Waals surface area contributed by atoms with E-state index in [4.69, 9.17) is 74.3 Å². The van der Waals surface area contributed by atoms with E-state index in [1.807, 2.05) is 42.7 Å². The van der Waals surface area contributed by atoms with Crippen LogP contribution in [0.5, 0.6) is 17.2 Å². The maximum Gasteiger partial charge on any atom is 0.157 e. The molecule has 8 nitrogen and oxygen atoms in total. The Morgan fingerprint density at radius 2 is 1.02 bits per heavy atom. The van der Waals surface area contributed by atoms with Gasteiger partial charge in [0.15, 0.2) is 17.2 Å². The highest BCUT2D eigenvalue weighted by Crippen LogP contribution is 2.41. The first-order valence-corrected chi connectivity index (χ1v) is 25.1. The van der Waals surface area contributed by atoms with Gasteiger partial charge in [0.2, 0.25) is 0 Å².